The molecule has 0 aliphatic rings. The number of aromatic nitrogens is 4. The Morgan fingerprint density at radius 1 is 1.25 bits per heavy atom. The van der Waals surface area contributed by atoms with Gasteiger partial charge in [0, 0.05) is 25.5 Å². The molecular formula is C16H16BrN5O2. The standard InChI is InChI=1S/C16H16BrN5O2/c1-11(15(23)18-14-8-9-21(2)19-14)24-16-13(17)10-22(20-16)12-6-4-3-5-7-12/h3-11H,1-2H3,(H,18,19,23)/t11-/m1/s1. The molecule has 3 aromatic rings. The highest BCUT2D eigenvalue weighted by atomic mass is 79.9. The lowest BCUT2D eigenvalue weighted by Crippen LogP contribution is -2.30. The van der Waals surface area contributed by atoms with E-state index >= 15 is 0 Å². The molecule has 0 unspecified atom stereocenters. The quantitative estimate of drug-likeness (QED) is 0.727. The lowest BCUT2D eigenvalue weighted by Gasteiger charge is -2.12. The fraction of sp³-hybridized carbons (Fsp3) is 0.188. The summed E-state index contributed by atoms with van der Waals surface area (Å²) in [6.07, 6.45) is 2.82. The number of ether oxygens (including phenoxy) is 1. The molecule has 0 spiro atoms. The van der Waals surface area contributed by atoms with E-state index in [1.54, 1.807) is 41.8 Å². The Balaban J connectivity index is 1.69. The van der Waals surface area contributed by atoms with Crippen molar-refractivity contribution < 1.29 is 9.53 Å². The van der Waals surface area contributed by atoms with Gasteiger partial charge in [0.2, 0.25) is 5.88 Å². The summed E-state index contributed by atoms with van der Waals surface area (Å²) >= 11 is 3.41. The van der Waals surface area contributed by atoms with Crippen molar-refractivity contribution in [2.24, 2.45) is 7.05 Å². The minimum absolute atomic E-state index is 0.296. The number of nitrogens with one attached hydrogen (secondary N) is 1. The maximum Gasteiger partial charge on any atom is 0.266 e. The smallest absolute Gasteiger partial charge is 0.266 e. The molecule has 24 heavy (non-hydrogen) atoms. The summed E-state index contributed by atoms with van der Waals surface area (Å²) in [5.41, 5.74) is 0.902. The molecule has 0 fully saturated rings. The molecule has 0 saturated carbocycles. The molecule has 0 saturated heterocycles. The van der Waals surface area contributed by atoms with E-state index in [4.69, 9.17) is 4.74 Å². The molecule has 0 bridgehead atoms. The zero-order valence-electron chi connectivity index (χ0n) is 13.2. The van der Waals surface area contributed by atoms with Crippen molar-refractivity contribution >= 4 is 27.7 Å². The third-order valence-corrected chi connectivity index (χ3v) is 3.83. The second-order valence-electron chi connectivity index (χ2n) is 5.19. The van der Waals surface area contributed by atoms with Gasteiger partial charge in [0.05, 0.1) is 10.2 Å². The highest BCUT2D eigenvalue weighted by Crippen LogP contribution is 2.25. The van der Waals surface area contributed by atoms with Crippen LogP contribution in [0.25, 0.3) is 5.69 Å². The minimum Gasteiger partial charge on any atom is -0.463 e. The molecule has 3 rings (SSSR count). The first-order chi connectivity index (χ1) is 11.5. The van der Waals surface area contributed by atoms with Gasteiger partial charge in [0.15, 0.2) is 11.9 Å². The fourth-order valence-electron chi connectivity index (χ4n) is 2.06. The third kappa shape index (κ3) is 3.65. The average molecular weight is 390 g/mol. The van der Waals surface area contributed by atoms with E-state index in [1.165, 1.54) is 0 Å². The van der Waals surface area contributed by atoms with Crippen molar-refractivity contribution in [2.75, 3.05) is 5.32 Å². The highest BCUT2D eigenvalue weighted by molar-refractivity contribution is 9.10. The average Bonchev–Trinajstić information content (AvgIpc) is 3.14. The highest BCUT2D eigenvalue weighted by Gasteiger charge is 2.19. The predicted octanol–water partition coefficient (Wildman–Crippen LogP) is 2.77. The number of carbonyl (C=O) groups is 1. The van der Waals surface area contributed by atoms with Crippen LogP contribution >= 0.6 is 15.9 Å². The Morgan fingerprint density at radius 2 is 2.00 bits per heavy atom. The van der Waals surface area contributed by atoms with Crippen LogP contribution in [0.15, 0.2) is 53.3 Å². The molecule has 0 radical (unpaired) electrons. The lowest BCUT2D eigenvalue weighted by molar-refractivity contribution is -0.122. The number of carbonyl (C=O) groups excluding carboxylic acids is 1. The van der Waals surface area contributed by atoms with Gasteiger partial charge < -0.3 is 10.1 Å². The molecular weight excluding hydrogens is 374 g/mol. The van der Waals surface area contributed by atoms with Gasteiger partial charge >= 0.3 is 0 Å². The zero-order valence-corrected chi connectivity index (χ0v) is 14.8. The first-order valence-corrected chi connectivity index (χ1v) is 8.10. The van der Waals surface area contributed by atoms with Gasteiger partial charge in [0.1, 0.15) is 0 Å². The monoisotopic (exact) mass is 389 g/mol. The van der Waals surface area contributed by atoms with Crippen molar-refractivity contribution in [3.63, 3.8) is 0 Å². The molecule has 8 heteroatoms. The number of hydrogen-bond donors (Lipinski definition) is 1. The minimum atomic E-state index is -0.720. The Labute approximate surface area is 147 Å². The molecule has 1 amide bonds. The maximum absolute atomic E-state index is 12.2. The molecule has 0 aliphatic heterocycles. The predicted molar refractivity (Wildman–Crippen MR) is 93.2 cm³/mol. The van der Waals surface area contributed by atoms with E-state index in [0.29, 0.717) is 16.2 Å². The number of amides is 1. The number of hydrogen-bond acceptors (Lipinski definition) is 4. The van der Waals surface area contributed by atoms with Crippen molar-refractivity contribution in [2.45, 2.75) is 13.0 Å². The topological polar surface area (TPSA) is 74.0 Å². The fourth-order valence-corrected chi connectivity index (χ4v) is 2.43. The molecule has 1 N–H and O–H groups in total. The van der Waals surface area contributed by atoms with Gasteiger partial charge in [-0.3, -0.25) is 9.48 Å². The largest absolute Gasteiger partial charge is 0.463 e. The zero-order chi connectivity index (χ0) is 17.1. The van der Waals surface area contributed by atoms with E-state index < -0.39 is 6.10 Å². The first-order valence-electron chi connectivity index (χ1n) is 7.30. The number of para-hydroxylation sites is 1. The van der Waals surface area contributed by atoms with Crippen LogP contribution < -0.4 is 10.1 Å². The van der Waals surface area contributed by atoms with E-state index in [-0.39, 0.29) is 5.91 Å². The van der Waals surface area contributed by atoms with Gasteiger partial charge in [-0.2, -0.15) is 5.10 Å². The van der Waals surface area contributed by atoms with E-state index in [9.17, 15) is 4.79 Å². The Hall–Kier alpha value is -2.61. The maximum atomic E-state index is 12.2. The molecule has 7 nitrogen and oxygen atoms in total. The molecule has 2 aromatic heterocycles. The molecule has 124 valence electrons. The number of halogens is 1. The van der Waals surface area contributed by atoms with E-state index in [1.807, 2.05) is 30.3 Å². The summed E-state index contributed by atoms with van der Waals surface area (Å²) in [5.74, 6) is 0.532. The second kappa shape index (κ2) is 6.88. The van der Waals surface area contributed by atoms with Gasteiger partial charge in [-0.1, -0.05) is 18.2 Å². The molecule has 1 aromatic carbocycles. The Kier molecular flexibility index (Phi) is 4.66. The summed E-state index contributed by atoms with van der Waals surface area (Å²) < 4.78 is 9.63. The molecule has 1 atom stereocenters. The SMILES string of the molecule is C[C@@H](Oc1nn(-c2ccccc2)cc1Br)C(=O)Nc1ccn(C)n1. The summed E-state index contributed by atoms with van der Waals surface area (Å²) in [7, 11) is 1.78. The van der Waals surface area contributed by atoms with Crippen LogP contribution in [0.3, 0.4) is 0 Å². The number of aryl methyl sites for hydroxylation is 1. The molecule has 2 heterocycles. The van der Waals surface area contributed by atoms with Crippen molar-refractivity contribution in [3.8, 4) is 11.6 Å². The van der Waals surface area contributed by atoms with Crippen LogP contribution in [0.1, 0.15) is 6.92 Å². The Morgan fingerprint density at radius 3 is 2.67 bits per heavy atom. The van der Waals surface area contributed by atoms with Gasteiger partial charge in [-0.25, -0.2) is 4.68 Å². The summed E-state index contributed by atoms with van der Waals surface area (Å²) in [6.45, 7) is 1.66. The van der Waals surface area contributed by atoms with Crippen molar-refractivity contribution in [3.05, 3.63) is 53.3 Å². The number of benzene rings is 1. The van der Waals surface area contributed by atoms with Crippen molar-refractivity contribution in [1.29, 1.82) is 0 Å². The van der Waals surface area contributed by atoms with Crippen molar-refractivity contribution in [1.82, 2.24) is 19.6 Å². The van der Waals surface area contributed by atoms with Crippen LogP contribution in [-0.4, -0.2) is 31.6 Å². The second-order valence-corrected chi connectivity index (χ2v) is 6.04. The van der Waals surface area contributed by atoms with E-state index in [2.05, 4.69) is 31.4 Å². The van der Waals surface area contributed by atoms with Crippen LogP contribution in [0.4, 0.5) is 5.82 Å². The molecule has 0 aliphatic carbocycles. The number of rotatable bonds is 5. The van der Waals surface area contributed by atoms with Crippen LogP contribution in [0, 0.1) is 0 Å². The summed E-state index contributed by atoms with van der Waals surface area (Å²) in [4.78, 5) is 12.2. The third-order valence-electron chi connectivity index (χ3n) is 3.28. The summed E-state index contributed by atoms with van der Waals surface area (Å²) in [6, 6.07) is 11.4. The van der Waals surface area contributed by atoms with Gasteiger partial charge in [0.25, 0.3) is 5.91 Å². The lowest BCUT2D eigenvalue weighted by atomic mass is 10.3. The van der Waals surface area contributed by atoms with Gasteiger partial charge in [-0.05, 0) is 35.0 Å². The normalized spacial score (nSPS) is 12.0. The summed E-state index contributed by atoms with van der Waals surface area (Å²) in [5, 5.41) is 11.2. The Bertz CT molecular complexity index is 843. The number of anilines is 1. The van der Waals surface area contributed by atoms with Crippen LogP contribution in [0.2, 0.25) is 0 Å². The van der Waals surface area contributed by atoms with Crippen LogP contribution in [0.5, 0.6) is 5.88 Å². The van der Waals surface area contributed by atoms with E-state index in [0.717, 1.165) is 5.69 Å². The van der Waals surface area contributed by atoms with Crippen LogP contribution in [-0.2, 0) is 11.8 Å². The first kappa shape index (κ1) is 16.3. The number of nitrogens with zero attached hydrogens (tertiary/aromatic N) is 4. The van der Waals surface area contributed by atoms with Gasteiger partial charge in [-0.15, -0.1) is 5.10 Å².